The number of hydrogen-bond donors (Lipinski definition) is 0. The predicted molar refractivity (Wildman–Crippen MR) is 62.0 cm³/mol. The Morgan fingerprint density at radius 1 is 1.56 bits per heavy atom. The van der Waals surface area contributed by atoms with E-state index in [1.54, 1.807) is 11.0 Å². The minimum Gasteiger partial charge on any atom is -0.309 e. The van der Waals surface area contributed by atoms with Crippen LogP contribution < -0.4 is 4.90 Å². The van der Waals surface area contributed by atoms with Crippen molar-refractivity contribution in [1.29, 1.82) is 0 Å². The molecule has 3 heteroatoms. The van der Waals surface area contributed by atoms with Gasteiger partial charge in [0.15, 0.2) is 0 Å². The average molecular weight is 221 g/mol. The highest BCUT2D eigenvalue weighted by atomic mass is 19.1. The van der Waals surface area contributed by atoms with Gasteiger partial charge in [0.1, 0.15) is 5.82 Å². The summed E-state index contributed by atoms with van der Waals surface area (Å²) in [6, 6.07) is 4.89. The maximum atomic E-state index is 13.1. The molecule has 2 nitrogen and oxygen atoms in total. The van der Waals surface area contributed by atoms with Crippen molar-refractivity contribution < 1.29 is 9.18 Å². The number of fused-ring (bicyclic) bond motifs is 1. The van der Waals surface area contributed by atoms with Gasteiger partial charge in [-0.2, -0.15) is 0 Å². The summed E-state index contributed by atoms with van der Waals surface area (Å²) in [5.74, 6) is -0.114. The van der Waals surface area contributed by atoms with E-state index in [0.717, 1.165) is 24.1 Å². The Kier molecular flexibility index (Phi) is 2.95. The van der Waals surface area contributed by atoms with Gasteiger partial charge in [0, 0.05) is 18.2 Å². The van der Waals surface area contributed by atoms with Crippen LogP contribution in [0.1, 0.15) is 32.3 Å². The van der Waals surface area contributed by atoms with Gasteiger partial charge in [0.2, 0.25) is 5.91 Å². The zero-order valence-electron chi connectivity index (χ0n) is 9.66. The minimum absolute atomic E-state index is 0.111. The summed E-state index contributed by atoms with van der Waals surface area (Å²) in [4.78, 5) is 13.7. The second kappa shape index (κ2) is 4.24. The second-order valence-electron chi connectivity index (χ2n) is 4.28. The first kappa shape index (κ1) is 11.1. The third-order valence-corrected chi connectivity index (χ3v) is 3.14. The molecule has 0 bridgehead atoms. The molecule has 0 N–H and O–H groups in total. The highest BCUT2D eigenvalue weighted by molar-refractivity contribution is 5.94. The third-order valence-electron chi connectivity index (χ3n) is 3.14. The van der Waals surface area contributed by atoms with Crippen molar-refractivity contribution in [2.45, 2.75) is 39.2 Å². The van der Waals surface area contributed by atoms with Crippen LogP contribution in [0.3, 0.4) is 0 Å². The van der Waals surface area contributed by atoms with Gasteiger partial charge in [-0.15, -0.1) is 0 Å². The number of rotatable bonds is 1. The highest BCUT2D eigenvalue weighted by Gasteiger charge is 2.27. The molecule has 1 unspecified atom stereocenters. The fourth-order valence-electron chi connectivity index (χ4n) is 2.27. The van der Waals surface area contributed by atoms with Crippen LogP contribution in [0.2, 0.25) is 0 Å². The Labute approximate surface area is 95.1 Å². The van der Waals surface area contributed by atoms with Gasteiger partial charge in [0.25, 0.3) is 0 Å². The van der Waals surface area contributed by atoms with Crippen molar-refractivity contribution in [2.24, 2.45) is 0 Å². The van der Waals surface area contributed by atoms with Crippen molar-refractivity contribution in [2.75, 3.05) is 4.90 Å². The molecule has 0 fully saturated rings. The first-order valence-electron chi connectivity index (χ1n) is 5.74. The summed E-state index contributed by atoms with van der Waals surface area (Å²) in [6.07, 6.45) is 2.24. The van der Waals surface area contributed by atoms with E-state index in [4.69, 9.17) is 0 Å². The number of halogens is 1. The van der Waals surface area contributed by atoms with E-state index in [2.05, 4.69) is 0 Å². The maximum absolute atomic E-state index is 13.1. The normalized spacial score (nSPS) is 19.4. The van der Waals surface area contributed by atoms with E-state index in [-0.39, 0.29) is 17.8 Å². The number of carbonyl (C=O) groups excluding carboxylic acids is 1. The molecular formula is C13H16FNO. The molecule has 1 atom stereocenters. The molecule has 1 aliphatic rings. The van der Waals surface area contributed by atoms with Crippen LogP contribution in [0, 0.1) is 5.82 Å². The van der Waals surface area contributed by atoms with Crippen molar-refractivity contribution >= 4 is 11.6 Å². The minimum atomic E-state index is -0.225. The van der Waals surface area contributed by atoms with Crippen molar-refractivity contribution in [3.63, 3.8) is 0 Å². The lowest BCUT2D eigenvalue weighted by atomic mass is 9.96. The van der Waals surface area contributed by atoms with Crippen LogP contribution in [0.15, 0.2) is 18.2 Å². The van der Waals surface area contributed by atoms with Crippen LogP contribution in [0.4, 0.5) is 10.1 Å². The zero-order valence-corrected chi connectivity index (χ0v) is 9.66. The third kappa shape index (κ3) is 1.82. The zero-order chi connectivity index (χ0) is 11.7. The highest BCUT2D eigenvalue weighted by Crippen LogP contribution is 2.31. The van der Waals surface area contributed by atoms with Crippen molar-refractivity contribution in [3.05, 3.63) is 29.6 Å². The Morgan fingerprint density at radius 3 is 3.00 bits per heavy atom. The number of benzene rings is 1. The molecule has 1 heterocycles. The average Bonchev–Trinajstić information content (AvgIpc) is 2.28. The number of hydrogen-bond acceptors (Lipinski definition) is 1. The summed E-state index contributed by atoms with van der Waals surface area (Å²) in [5.41, 5.74) is 1.83. The summed E-state index contributed by atoms with van der Waals surface area (Å²) in [6.45, 7) is 3.90. The smallest absolute Gasteiger partial charge is 0.226 e. The molecule has 1 aromatic carbocycles. The van der Waals surface area contributed by atoms with Crippen LogP contribution in [-0.4, -0.2) is 11.9 Å². The summed E-state index contributed by atoms with van der Waals surface area (Å²) in [7, 11) is 0. The standard InChI is InChI=1S/C13H16FNO/c1-3-13(16)15-9(2)4-5-10-8-11(14)6-7-12(10)15/h6-9H,3-5H2,1-2H3. The molecule has 0 spiro atoms. The Balaban J connectivity index is 2.44. The van der Waals surface area contributed by atoms with Gasteiger partial charge in [-0.25, -0.2) is 4.39 Å². The van der Waals surface area contributed by atoms with Gasteiger partial charge in [-0.3, -0.25) is 4.79 Å². The number of anilines is 1. The molecule has 0 saturated heterocycles. The molecule has 0 saturated carbocycles. The number of amides is 1. The molecule has 0 radical (unpaired) electrons. The van der Waals surface area contributed by atoms with E-state index < -0.39 is 0 Å². The SMILES string of the molecule is CCC(=O)N1c2ccc(F)cc2CCC1C. The quantitative estimate of drug-likeness (QED) is 0.714. The van der Waals surface area contributed by atoms with E-state index >= 15 is 0 Å². The molecule has 1 amide bonds. The second-order valence-corrected chi connectivity index (χ2v) is 4.28. The lowest BCUT2D eigenvalue weighted by molar-refractivity contribution is -0.118. The molecule has 1 aromatic rings. The van der Waals surface area contributed by atoms with Gasteiger partial charge in [-0.05, 0) is 43.5 Å². The van der Waals surface area contributed by atoms with Crippen LogP contribution in [0.25, 0.3) is 0 Å². The summed E-state index contributed by atoms with van der Waals surface area (Å²) >= 11 is 0. The monoisotopic (exact) mass is 221 g/mol. The van der Waals surface area contributed by atoms with Gasteiger partial charge in [0.05, 0.1) is 0 Å². The van der Waals surface area contributed by atoms with Crippen molar-refractivity contribution in [1.82, 2.24) is 0 Å². The summed E-state index contributed by atoms with van der Waals surface area (Å²) in [5, 5.41) is 0. The maximum Gasteiger partial charge on any atom is 0.226 e. The fourth-order valence-corrected chi connectivity index (χ4v) is 2.27. The van der Waals surface area contributed by atoms with E-state index in [9.17, 15) is 9.18 Å². The fraction of sp³-hybridized carbons (Fsp3) is 0.462. The van der Waals surface area contributed by atoms with Crippen molar-refractivity contribution in [3.8, 4) is 0 Å². The Bertz CT molecular complexity index is 416. The van der Waals surface area contributed by atoms with Crippen LogP contribution >= 0.6 is 0 Å². The molecule has 86 valence electrons. The van der Waals surface area contributed by atoms with E-state index in [1.165, 1.54) is 12.1 Å². The van der Waals surface area contributed by atoms with Gasteiger partial charge >= 0.3 is 0 Å². The number of carbonyl (C=O) groups is 1. The van der Waals surface area contributed by atoms with E-state index in [0.29, 0.717) is 6.42 Å². The largest absolute Gasteiger partial charge is 0.309 e. The Morgan fingerprint density at radius 2 is 2.31 bits per heavy atom. The van der Waals surface area contributed by atoms with E-state index in [1.807, 2.05) is 13.8 Å². The number of aryl methyl sites for hydroxylation is 1. The van der Waals surface area contributed by atoms with Gasteiger partial charge in [-0.1, -0.05) is 6.92 Å². The van der Waals surface area contributed by atoms with Gasteiger partial charge < -0.3 is 4.90 Å². The summed E-state index contributed by atoms with van der Waals surface area (Å²) < 4.78 is 13.1. The van der Waals surface area contributed by atoms with Crippen LogP contribution in [0.5, 0.6) is 0 Å². The number of nitrogens with zero attached hydrogens (tertiary/aromatic N) is 1. The molecule has 16 heavy (non-hydrogen) atoms. The predicted octanol–water partition coefficient (Wildman–Crippen LogP) is 2.90. The molecule has 0 aliphatic carbocycles. The molecule has 2 rings (SSSR count). The topological polar surface area (TPSA) is 20.3 Å². The molecular weight excluding hydrogens is 205 g/mol. The van der Waals surface area contributed by atoms with Crippen LogP contribution in [-0.2, 0) is 11.2 Å². The first-order valence-corrected chi connectivity index (χ1v) is 5.74. The lowest BCUT2D eigenvalue weighted by Gasteiger charge is -2.35. The first-order chi connectivity index (χ1) is 7.63. The molecule has 0 aromatic heterocycles. The Hall–Kier alpha value is -1.38. The lowest BCUT2D eigenvalue weighted by Crippen LogP contribution is -2.41. The molecule has 1 aliphatic heterocycles.